The molecule has 0 atom stereocenters. The predicted octanol–water partition coefficient (Wildman–Crippen LogP) is 2.81. The number of phenolic OH excluding ortho intramolecular Hbond substituents is 4. The van der Waals surface area contributed by atoms with Gasteiger partial charge in [-0.1, -0.05) is 24.3 Å². The summed E-state index contributed by atoms with van der Waals surface area (Å²) in [5, 5.41) is 35.6. The highest BCUT2D eigenvalue weighted by Gasteiger charge is 1.98. The number of rotatable bonds is 0. The number of aromatic hydroxyl groups is 4. The molecule has 4 N–H and O–H groups in total. The first-order valence-corrected chi connectivity index (χ1v) is 5.38. The first kappa shape index (κ1) is 13.7. The molecule has 0 spiro atoms. The van der Waals surface area contributed by atoms with Crippen LogP contribution in [0.25, 0.3) is 0 Å². The van der Waals surface area contributed by atoms with Crippen molar-refractivity contribution in [1.29, 1.82) is 0 Å². The smallest absolute Gasteiger partial charge is 0.160 e. The molecule has 0 aliphatic rings. The summed E-state index contributed by atoms with van der Waals surface area (Å²) < 4.78 is 0. The van der Waals surface area contributed by atoms with Crippen molar-refractivity contribution in [3.63, 3.8) is 0 Å². The van der Waals surface area contributed by atoms with Gasteiger partial charge in [-0.25, -0.2) is 0 Å². The zero-order valence-electron chi connectivity index (χ0n) is 10.3. The Bertz CT molecular complexity index is 445. The van der Waals surface area contributed by atoms with Crippen molar-refractivity contribution in [2.45, 2.75) is 13.8 Å². The van der Waals surface area contributed by atoms with Crippen LogP contribution in [0.2, 0.25) is 0 Å². The van der Waals surface area contributed by atoms with Crippen molar-refractivity contribution in [1.82, 2.24) is 0 Å². The van der Waals surface area contributed by atoms with E-state index >= 15 is 0 Å². The van der Waals surface area contributed by atoms with Crippen molar-refractivity contribution in [2.24, 2.45) is 0 Å². The molecule has 0 bridgehead atoms. The molecule has 2 aromatic carbocycles. The monoisotopic (exact) mass is 248 g/mol. The third kappa shape index (κ3) is 3.31. The van der Waals surface area contributed by atoms with Gasteiger partial charge in [-0.2, -0.15) is 0 Å². The fourth-order valence-corrected chi connectivity index (χ4v) is 1.29. The number of benzene rings is 2. The van der Waals surface area contributed by atoms with Gasteiger partial charge in [-0.3, -0.25) is 0 Å². The fraction of sp³-hybridized carbons (Fsp3) is 0.143. The van der Waals surface area contributed by atoms with Crippen LogP contribution in [0.1, 0.15) is 11.1 Å². The molecule has 0 fully saturated rings. The Morgan fingerprint density at radius 2 is 0.944 bits per heavy atom. The Kier molecular flexibility index (Phi) is 4.43. The van der Waals surface area contributed by atoms with E-state index < -0.39 is 0 Å². The molecule has 0 radical (unpaired) electrons. The van der Waals surface area contributed by atoms with Crippen LogP contribution >= 0.6 is 0 Å². The average molecular weight is 248 g/mol. The molecule has 0 aliphatic heterocycles. The average Bonchev–Trinajstić information content (AvgIpc) is 2.34. The van der Waals surface area contributed by atoms with E-state index in [0.29, 0.717) is 11.1 Å². The SMILES string of the molecule is Cc1cccc(O)c1O.Cc1cccc(O)c1O. The second-order valence-electron chi connectivity index (χ2n) is 3.89. The second-order valence-corrected chi connectivity index (χ2v) is 3.89. The summed E-state index contributed by atoms with van der Waals surface area (Å²) in [6.07, 6.45) is 0. The maximum absolute atomic E-state index is 8.96. The standard InChI is InChI=1S/2C7H8O2/c2*1-5-3-2-4-6(8)7(5)9/h2*2-4,8-9H,1H3. The summed E-state index contributed by atoms with van der Waals surface area (Å²) in [6, 6.07) is 9.73. The summed E-state index contributed by atoms with van der Waals surface area (Å²) in [7, 11) is 0. The van der Waals surface area contributed by atoms with Gasteiger partial charge in [0.25, 0.3) is 0 Å². The Hall–Kier alpha value is -2.36. The second kappa shape index (κ2) is 5.82. The number of hydrogen-bond donors (Lipinski definition) is 4. The molecule has 0 unspecified atom stereocenters. The van der Waals surface area contributed by atoms with E-state index in [1.54, 1.807) is 38.1 Å². The Morgan fingerprint density at radius 1 is 0.611 bits per heavy atom. The molecule has 2 aromatic rings. The first-order valence-electron chi connectivity index (χ1n) is 5.38. The highest BCUT2D eigenvalue weighted by atomic mass is 16.3. The van der Waals surface area contributed by atoms with Gasteiger partial charge in [0, 0.05) is 0 Å². The molecule has 4 heteroatoms. The van der Waals surface area contributed by atoms with Gasteiger partial charge in [0.05, 0.1) is 0 Å². The normalized spacial score (nSPS) is 9.44. The minimum absolute atomic E-state index is 0.0301. The van der Waals surface area contributed by atoms with Crippen LogP contribution in [0.4, 0.5) is 0 Å². The number of phenols is 4. The molecule has 0 amide bonds. The minimum Gasteiger partial charge on any atom is -0.504 e. The Balaban J connectivity index is 0.000000180. The van der Waals surface area contributed by atoms with Crippen LogP contribution < -0.4 is 0 Å². The maximum atomic E-state index is 8.96. The highest BCUT2D eigenvalue weighted by Crippen LogP contribution is 2.27. The third-order valence-corrected chi connectivity index (χ3v) is 2.43. The summed E-state index contributed by atoms with van der Waals surface area (Å²) in [5.41, 5.74) is 1.38. The number of hydrogen-bond acceptors (Lipinski definition) is 4. The molecule has 0 aliphatic carbocycles. The van der Waals surface area contributed by atoms with Gasteiger partial charge in [0.15, 0.2) is 23.0 Å². The molecular weight excluding hydrogens is 232 g/mol. The molecule has 0 saturated carbocycles. The molecule has 4 nitrogen and oxygen atoms in total. The zero-order chi connectivity index (χ0) is 13.7. The zero-order valence-corrected chi connectivity index (χ0v) is 10.3. The van der Waals surface area contributed by atoms with Crippen LogP contribution in [0.15, 0.2) is 36.4 Å². The lowest BCUT2D eigenvalue weighted by Gasteiger charge is -1.97. The van der Waals surface area contributed by atoms with Gasteiger partial charge in [-0.15, -0.1) is 0 Å². The van der Waals surface area contributed by atoms with Crippen LogP contribution in [-0.2, 0) is 0 Å². The van der Waals surface area contributed by atoms with Crippen molar-refractivity contribution >= 4 is 0 Å². The lowest BCUT2D eigenvalue weighted by molar-refractivity contribution is 0.401. The largest absolute Gasteiger partial charge is 0.504 e. The summed E-state index contributed by atoms with van der Waals surface area (Å²) in [4.78, 5) is 0. The molecule has 0 heterocycles. The van der Waals surface area contributed by atoms with Gasteiger partial charge < -0.3 is 20.4 Å². The molecule has 0 aromatic heterocycles. The summed E-state index contributed by atoms with van der Waals surface area (Å²) >= 11 is 0. The minimum atomic E-state index is -0.0602. The van der Waals surface area contributed by atoms with Gasteiger partial charge in [0.1, 0.15) is 0 Å². The van der Waals surface area contributed by atoms with E-state index in [1.165, 1.54) is 12.1 Å². The number of aryl methyl sites for hydroxylation is 2. The van der Waals surface area contributed by atoms with E-state index in [0.717, 1.165) is 0 Å². The third-order valence-electron chi connectivity index (χ3n) is 2.43. The molecule has 18 heavy (non-hydrogen) atoms. The van der Waals surface area contributed by atoms with E-state index in [2.05, 4.69) is 0 Å². The van der Waals surface area contributed by atoms with E-state index in [9.17, 15) is 0 Å². The van der Waals surface area contributed by atoms with Crippen LogP contribution in [-0.4, -0.2) is 20.4 Å². The van der Waals surface area contributed by atoms with Gasteiger partial charge in [-0.05, 0) is 37.1 Å². The maximum Gasteiger partial charge on any atom is 0.160 e. The van der Waals surface area contributed by atoms with Gasteiger partial charge in [0.2, 0.25) is 0 Å². The fourth-order valence-electron chi connectivity index (χ4n) is 1.29. The Morgan fingerprint density at radius 3 is 1.17 bits per heavy atom. The Labute approximate surface area is 105 Å². The molecular formula is C14H16O4. The van der Waals surface area contributed by atoms with E-state index in [4.69, 9.17) is 20.4 Å². The van der Waals surface area contributed by atoms with Crippen molar-refractivity contribution in [3.8, 4) is 23.0 Å². The topological polar surface area (TPSA) is 80.9 Å². The predicted molar refractivity (Wildman–Crippen MR) is 69.0 cm³/mol. The lowest BCUT2D eigenvalue weighted by atomic mass is 10.2. The first-order chi connectivity index (χ1) is 8.43. The summed E-state index contributed by atoms with van der Waals surface area (Å²) in [6.45, 7) is 3.46. The molecule has 0 saturated heterocycles. The number of para-hydroxylation sites is 2. The van der Waals surface area contributed by atoms with Crippen molar-refractivity contribution in [3.05, 3.63) is 47.5 Å². The van der Waals surface area contributed by atoms with Crippen LogP contribution in [0.3, 0.4) is 0 Å². The van der Waals surface area contributed by atoms with E-state index in [-0.39, 0.29) is 23.0 Å². The van der Waals surface area contributed by atoms with E-state index in [1.807, 2.05) is 0 Å². The molecule has 2 rings (SSSR count). The highest BCUT2D eigenvalue weighted by molar-refractivity contribution is 5.43. The van der Waals surface area contributed by atoms with Crippen molar-refractivity contribution in [2.75, 3.05) is 0 Å². The van der Waals surface area contributed by atoms with Crippen LogP contribution in [0.5, 0.6) is 23.0 Å². The van der Waals surface area contributed by atoms with Crippen molar-refractivity contribution < 1.29 is 20.4 Å². The summed E-state index contributed by atoms with van der Waals surface area (Å²) in [5.74, 6) is -0.181. The molecule has 96 valence electrons. The quantitative estimate of drug-likeness (QED) is 0.540. The van der Waals surface area contributed by atoms with Gasteiger partial charge >= 0.3 is 0 Å². The van der Waals surface area contributed by atoms with Crippen LogP contribution in [0, 0.1) is 13.8 Å². The lowest BCUT2D eigenvalue weighted by Crippen LogP contribution is -1.72.